The van der Waals surface area contributed by atoms with Crippen molar-refractivity contribution in [1.29, 1.82) is 0 Å². The lowest BCUT2D eigenvalue weighted by Crippen LogP contribution is -2.00. The first-order chi connectivity index (χ1) is 9.79. The predicted octanol–water partition coefficient (Wildman–Crippen LogP) is 2.92. The Morgan fingerprint density at radius 1 is 1.20 bits per heavy atom. The number of aromatic nitrogens is 2. The van der Waals surface area contributed by atoms with Gasteiger partial charge in [0.2, 0.25) is 0 Å². The molecule has 0 unspecified atom stereocenters. The molecule has 1 aromatic heterocycles. The summed E-state index contributed by atoms with van der Waals surface area (Å²) in [5.74, 6) is 0.529. The van der Waals surface area contributed by atoms with Crippen LogP contribution in [0.5, 0.6) is 5.75 Å². The molecule has 0 spiro atoms. The zero-order chi connectivity index (χ0) is 13.9. The molecule has 1 heterocycles. The molecule has 20 heavy (non-hydrogen) atoms. The van der Waals surface area contributed by atoms with Crippen LogP contribution in [-0.2, 0) is 6.61 Å². The lowest BCUT2D eigenvalue weighted by molar-refractivity contribution is 0.112. The molecule has 2 aromatic carbocycles. The number of hydrogen-bond acceptors (Lipinski definition) is 5. The van der Waals surface area contributed by atoms with Gasteiger partial charge in [-0.2, -0.15) is 0 Å². The number of benzene rings is 2. The number of nitrogens with zero attached hydrogens (tertiary/aromatic N) is 2. The van der Waals surface area contributed by atoms with E-state index in [1.807, 2.05) is 30.3 Å². The summed E-state index contributed by atoms with van der Waals surface area (Å²) >= 11 is 0. The van der Waals surface area contributed by atoms with Crippen LogP contribution in [0.2, 0.25) is 0 Å². The number of carbonyl (C=O) groups is 1. The van der Waals surface area contributed by atoms with Crippen molar-refractivity contribution in [2.45, 2.75) is 13.5 Å². The zero-order valence-electron chi connectivity index (χ0n) is 10.9. The molecule has 0 aliphatic heterocycles. The van der Waals surface area contributed by atoms with Crippen LogP contribution in [0.1, 0.15) is 21.7 Å². The maximum Gasteiger partial charge on any atom is 0.154 e. The Morgan fingerprint density at radius 3 is 2.80 bits per heavy atom. The second-order valence-electron chi connectivity index (χ2n) is 4.40. The van der Waals surface area contributed by atoms with Gasteiger partial charge in [-0.3, -0.25) is 4.79 Å². The minimum Gasteiger partial charge on any atom is -0.486 e. The van der Waals surface area contributed by atoms with Crippen molar-refractivity contribution in [3.8, 4) is 5.75 Å². The molecule has 0 atom stereocenters. The molecule has 0 aliphatic rings. The Hall–Kier alpha value is -2.69. The Bertz CT molecular complexity index is 765. The molecule has 0 saturated carbocycles. The van der Waals surface area contributed by atoms with Crippen LogP contribution in [0, 0.1) is 6.92 Å². The van der Waals surface area contributed by atoms with E-state index in [0.717, 1.165) is 17.1 Å². The fourth-order valence-electron chi connectivity index (χ4n) is 2.05. The van der Waals surface area contributed by atoms with Gasteiger partial charge >= 0.3 is 0 Å². The van der Waals surface area contributed by atoms with Crippen LogP contribution >= 0.6 is 0 Å². The molecule has 100 valence electrons. The molecule has 0 amide bonds. The van der Waals surface area contributed by atoms with E-state index < -0.39 is 0 Å². The Kier molecular flexibility index (Phi) is 3.16. The zero-order valence-corrected chi connectivity index (χ0v) is 10.9. The normalized spacial score (nSPS) is 10.7. The van der Waals surface area contributed by atoms with E-state index in [1.165, 1.54) is 0 Å². The first kappa shape index (κ1) is 12.3. The van der Waals surface area contributed by atoms with Gasteiger partial charge in [-0.05, 0) is 23.8 Å². The van der Waals surface area contributed by atoms with E-state index in [1.54, 1.807) is 13.0 Å². The summed E-state index contributed by atoms with van der Waals surface area (Å²) in [6.45, 7) is 2.00. The van der Waals surface area contributed by atoms with Crippen LogP contribution in [0.25, 0.3) is 10.8 Å². The molecule has 0 saturated heterocycles. The fraction of sp³-hybridized carbons (Fsp3) is 0.133. The summed E-state index contributed by atoms with van der Waals surface area (Å²) in [4.78, 5) is 11.3. The molecule has 5 nitrogen and oxygen atoms in total. The summed E-state index contributed by atoms with van der Waals surface area (Å²) < 4.78 is 10.3. The number of hydrogen-bond donors (Lipinski definition) is 0. The number of fused-ring (bicyclic) bond motifs is 1. The third kappa shape index (κ3) is 2.14. The second-order valence-corrected chi connectivity index (χ2v) is 4.40. The summed E-state index contributed by atoms with van der Waals surface area (Å²) in [6.07, 6.45) is 0.811. The number of aldehydes is 1. The molecule has 0 bridgehead atoms. The third-order valence-electron chi connectivity index (χ3n) is 3.16. The molecule has 5 heteroatoms. The maximum absolute atomic E-state index is 11.3. The highest BCUT2D eigenvalue weighted by atomic mass is 16.6. The van der Waals surface area contributed by atoms with Gasteiger partial charge in [-0.25, -0.2) is 4.63 Å². The highest BCUT2D eigenvalue weighted by Crippen LogP contribution is 2.27. The molecular weight excluding hydrogens is 256 g/mol. The van der Waals surface area contributed by atoms with Crippen molar-refractivity contribution in [3.05, 3.63) is 53.3 Å². The molecule has 0 N–H and O–H groups in total. The highest BCUT2D eigenvalue weighted by Gasteiger charge is 2.10. The van der Waals surface area contributed by atoms with Gasteiger partial charge in [0.1, 0.15) is 23.7 Å². The van der Waals surface area contributed by atoms with E-state index in [0.29, 0.717) is 22.7 Å². The van der Waals surface area contributed by atoms with E-state index in [-0.39, 0.29) is 6.61 Å². The Morgan fingerprint density at radius 2 is 2.05 bits per heavy atom. The Balaban J connectivity index is 1.95. The molecule has 0 radical (unpaired) electrons. The molecule has 3 aromatic rings. The van der Waals surface area contributed by atoms with Crippen molar-refractivity contribution in [2.24, 2.45) is 0 Å². The van der Waals surface area contributed by atoms with Gasteiger partial charge in [0.25, 0.3) is 0 Å². The first-order valence-electron chi connectivity index (χ1n) is 6.17. The van der Waals surface area contributed by atoms with Gasteiger partial charge in [0.05, 0.1) is 5.56 Å². The van der Waals surface area contributed by atoms with Crippen LogP contribution < -0.4 is 4.74 Å². The van der Waals surface area contributed by atoms with Crippen molar-refractivity contribution in [1.82, 2.24) is 10.3 Å². The van der Waals surface area contributed by atoms with E-state index in [2.05, 4.69) is 14.9 Å². The number of carbonyl (C=O) groups excluding carboxylic acids is 1. The lowest BCUT2D eigenvalue weighted by Gasteiger charge is -2.09. The van der Waals surface area contributed by atoms with Crippen LogP contribution in [0.15, 0.2) is 41.0 Å². The van der Waals surface area contributed by atoms with E-state index in [4.69, 9.17) is 4.74 Å². The lowest BCUT2D eigenvalue weighted by atomic mass is 10.0. The van der Waals surface area contributed by atoms with Gasteiger partial charge in [-0.1, -0.05) is 40.6 Å². The highest BCUT2D eigenvalue weighted by molar-refractivity contribution is 6.00. The molecule has 0 fully saturated rings. The number of rotatable bonds is 4. The average molecular weight is 268 g/mol. The molecule has 3 rings (SSSR count). The second kappa shape index (κ2) is 5.13. The predicted molar refractivity (Wildman–Crippen MR) is 72.7 cm³/mol. The monoisotopic (exact) mass is 268 g/mol. The van der Waals surface area contributed by atoms with Gasteiger partial charge < -0.3 is 4.74 Å². The standard InChI is InChI=1S/C15H12N2O3/c1-10-14(17-20-16-10)9-19-15-7-6-11-4-2-3-5-12(11)13(15)8-18/h2-8H,9H2,1H3. The van der Waals surface area contributed by atoms with Gasteiger partial charge in [-0.15, -0.1) is 0 Å². The largest absolute Gasteiger partial charge is 0.486 e. The number of aryl methyl sites for hydroxylation is 1. The first-order valence-corrected chi connectivity index (χ1v) is 6.17. The van der Waals surface area contributed by atoms with Crippen molar-refractivity contribution in [2.75, 3.05) is 0 Å². The summed E-state index contributed by atoms with van der Waals surface area (Å²) in [5, 5.41) is 9.31. The van der Waals surface area contributed by atoms with E-state index >= 15 is 0 Å². The summed E-state index contributed by atoms with van der Waals surface area (Å²) in [6, 6.07) is 11.4. The van der Waals surface area contributed by atoms with Crippen LogP contribution in [0.3, 0.4) is 0 Å². The minimum absolute atomic E-state index is 0.217. The van der Waals surface area contributed by atoms with Crippen molar-refractivity contribution in [3.63, 3.8) is 0 Å². The van der Waals surface area contributed by atoms with Gasteiger partial charge in [0, 0.05) is 0 Å². The van der Waals surface area contributed by atoms with Crippen molar-refractivity contribution < 1.29 is 14.2 Å². The minimum atomic E-state index is 0.217. The SMILES string of the molecule is Cc1nonc1COc1ccc2ccccc2c1C=O. The fourth-order valence-corrected chi connectivity index (χ4v) is 2.05. The summed E-state index contributed by atoms with van der Waals surface area (Å²) in [5.41, 5.74) is 1.84. The summed E-state index contributed by atoms with van der Waals surface area (Å²) in [7, 11) is 0. The van der Waals surface area contributed by atoms with E-state index in [9.17, 15) is 4.79 Å². The third-order valence-corrected chi connectivity index (χ3v) is 3.16. The smallest absolute Gasteiger partial charge is 0.154 e. The maximum atomic E-state index is 11.3. The van der Waals surface area contributed by atoms with Crippen LogP contribution in [0.4, 0.5) is 0 Å². The van der Waals surface area contributed by atoms with Crippen LogP contribution in [-0.4, -0.2) is 16.6 Å². The Labute approximate surface area is 115 Å². The number of ether oxygens (including phenoxy) is 1. The molecular formula is C15H12N2O3. The molecule has 0 aliphatic carbocycles. The average Bonchev–Trinajstić information content (AvgIpc) is 2.89. The quantitative estimate of drug-likeness (QED) is 0.681. The van der Waals surface area contributed by atoms with Crippen molar-refractivity contribution >= 4 is 17.1 Å². The topological polar surface area (TPSA) is 65.2 Å². The van der Waals surface area contributed by atoms with Gasteiger partial charge in [0.15, 0.2) is 6.29 Å².